The van der Waals surface area contributed by atoms with Gasteiger partial charge in [-0.05, 0) is 52.0 Å². The quantitative estimate of drug-likeness (QED) is 0.841. The molecule has 0 aromatic heterocycles. The minimum absolute atomic E-state index is 0.168. The molecule has 1 aromatic rings. The molecule has 0 aliphatic rings. The van der Waals surface area contributed by atoms with Crippen LogP contribution in [0.25, 0.3) is 0 Å². The van der Waals surface area contributed by atoms with Crippen molar-refractivity contribution in [3.63, 3.8) is 0 Å². The second kappa shape index (κ2) is 6.40. The monoisotopic (exact) mass is 249 g/mol. The lowest BCUT2D eigenvalue weighted by Gasteiger charge is -2.27. The fraction of sp³-hybridized carbons (Fsp3) is 0.500. The number of nitrogens with two attached hydrogens (primary N) is 1. The lowest BCUT2D eigenvalue weighted by molar-refractivity contribution is -0.117. The molecule has 1 unspecified atom stereocenters. The molecule has 100 valence electrons. The van der Waals surface area contributed by atoms with Crippen molar-refractivity contribution in [2.75, 3.05) is 16.8 Å². The summed E-state index contributed by atoms with van der Waals surface area (Å²) in [6.45, 7) is 9.08. The predicted molar refractivity (Wildman–Crippen MR) is 76.9 cm³/mol. The number of hydrogen-bond acceptors (Lipinski definition) is 3. The first-order chi connectivity index (χ1) is 8.45. The molecule has 0 aliphatic carbocycles. The number of benzene rings is 1. The van der Waals surface area contributed by atoms with Gasteiger partial charge in [-0.15, -0.1) is 0 Å². The maximum atomic E-state index is 11.4. The third kappa shape index (κ3) is 3.74. The van der Waals surface area contributed by atoms with Crippen molar-refractivity contribution in [3.8, 4) is 0 Å². The van der Waals surface area contributed by atoms with Gasteiger partial charge in [0.15, 0.2) is 0 Å². The number of nitrogens with zero attached hydrogens (tertiary/aromatic N) is 1. The van der Waals surface area contributed by atoms with Crippen molar-refractivity contribution in [3.05, 3.63) is 24.3 Å². The Hall–Kier alpha value is -1.55. The van der Waals surface area contributed by atoms with Gasteiger partial charge in [0.1, 0.15) is 0 Å². The molecular formula is C14H23N3O. The minimum Gasteiger partial charge on any atom is -0.369 e. The Balaban J connectivity index is 2.76. The van der Waals surface area contributed by atoms with Crippen molar-refractivity contribution in [1.29, 1.82) is 0 Å². The lowest BCUT2D eigenvalue weighted by atomic mass is 10.2. The highest BCUT2D eigenvalue weighted by atomic mass is 16.2. The normalized spacial score (nSPS) is 12.3. The second-order valence-electron chi connectivity index (χ2n) is 4.70. The van der Waals surface area contributed by atoms with E-state index in [0.29, 0.717) is 6.04 Å². The van der Waals surface area contributed by atoms with E-state index < -0.39 is 6.04 Å². The smallest absolute Gasteiger partial charge is 0.240 e. The summed E-state index contributed by atoms with van der Waals surface area (Å²) in [6, 6.07) is 7.80. The van der Waals surface area contributed by atoms with Crippen LogP contribution in [0.15, 0.2) is 24.3 Å². The van der Waals surface area contributed by atoms with Gasteiger partial charge < -0.3 is 16.0 Å². The molecule has 0 aliphatic heterocycles. The average Bonchev–Trinajstić information content (AvgIpc) is 2.31. The van der Waals surface area contributed by atoms with Crippen LogP contribution in [0.1, 0.15) is 27.7 Å². The maximum absolute atomic E-state index is 11.4. The van der Waals surface area contributed by atoms with Crippen LogP contribution in [-0.4, -0.2) is 24.5 Å². The zero-order chi connectivity index (χ0) is 13.7. The lowest BCUT2D eigenvalue weighted by Crippen LogP contribution is -2.32. The van der Waals surface area contributed by atoms with E-state index in [1.165, 1.54) is 0 Å². The number of carbonyl (C=O) groups excluding carboxylic acids is 1. The Morgan fingerprint density at radius 1 is 1.28 bits per heavy atom. The van der Waals surface area contributed by atoms with Crippen LogP contribution in [0.4, 0.5) is 11.4 Å². The Bertz CT molecular complexity index is 385. The van der Waals surface area contributed by atoms with Gasteiger partial charge in [-0.2, -0.15) is 0 Å². The Morgan fingerprint density at radius 3 is 2.22 bits per heavy atom. The number of nitrogens with one attached hydrogen (secondary N) is 1. The molecule has 1 rings (SSSR count). The first-order valence-corrected chi connectivity index (χ1v) is 6.38. The van der Waals surface area contributed by atoms with Crippen molar-refractivity contribution >= 4 is 17.3 Å². The Kier molecular flexibility index (Phi) is 5.16. The van der Waals surface area contributed by atoms with E-state index in [4.69, 9.17) is 5.73 Å². The molecule has 4 heteroatoms. The molecule has 0 spiro atoms. The third-order valence-electron chi connectivity index (χ3n) is 2.84. The van der Waals surface area contributed by atoms with E-state index in [2.05, 4.69) is 31.0 Å². The Labute approximate surface area is 109 Å². The Morgan fingerprint density at radius 2 is 1.83 bits per heavy atom. The molecule has 1 atom stereocenters. The van der Waals surface area contributed by atoms with E-state index in [-0.39, 0.29) is 5.91 Å². The van der Waals surface area contributed by atoms with E-state index in [9.17, 15) is 4.79 Å². The van der Waals surface area contributed by atoms with Gasteiger partial charge in [-0.1, -0.05) is 0 Å². The van der Waals surface area contributed by atoms with Gasteiger partial charge in [0, 0.05) is 24.0 Å². The topological polar surface area (TPSA) is 58.4 Å². The summed E-state index contributed by atoms with van der Waals surface area (Å²) < 4.78 is 0. The van der Waals surface area contributed by atoms with Crippen LogP contribution in [-0.2, 0) is 4.79 Å². The average molecular weight is 249 g/mol. The molecule has 0 fully saturated rings. The first-order valence-electron chi connectivity index (χ1n) is 6.38. The van der Waals surface area contributed by atoms with Crippen LogP contribution in [0.2, 0.25) is 0 Å². The van der Waals surface area contributed by atoms with Crippen LogP contribution >= 0.6 is 0 Å². The fourth-order valence-corrected chi connectivity index (χ4v) is 1.84. The molecule has 0 heterocycles. The molecule has 1 aromatic carbocycles. The van der Waals surface area contributed by atoms with Gasteiger partial charge in [0.25, 0.3) is 0 Å². The van der Waals surface area contributed by atoms with E-state index in [1.54, 1.807) is 6.92 Å². The van der Waals surface area contributed by atoms with Crippen molar-refractivity contribution in [1.82, 2.24) is 0 Å². The van der Waals surface area contributed by atoms with Crippen molar-refractivity contribution < 1.29 is 4.79 Å². The van der Waals surface area contributed by atoms with E-state index in [1.807, 2.05) is 24.3 Å². The fourth-order valence-electron chi connectivity index (χ4n) is 1.84. The second-order valence-corrected chi connectivity index (χ2v) is 4.70. The van der Waals surface area contributed by atoms with Crippen LogP contribution in [0.5, 0.6) is 0 Å². The highest BCUT2D eigenvalue weighted by Gasteiger charge is 2.10. The number of carbonyl (C=O) groups is 1. The molecule has 1 amide bonds. The molecule has 3 N–H and O–H groups in total. The van der Waals surface area contributed by atoms with Gasteiger partial charge in [0.2, 0.25) is 5.91 Å². The third-order valence-corrected chi connectivity index (χ3v) is 2.84. The SMILES string of the molecule is CCN(c1ccc(NC(=O)C(C)N)cc1)C(C)C. The molecule has 0 bridgehead atoms. The molecular weight excluding hydrogens is 226 g/mol. The van der Waals surface area contributed by atoms with Crippen LogP contribution < -0.4 is 16.0 Å². The van der Waals surface area contributed by atoms with E-state index in [0.717, 1.165) is 17.9 Å². The van der Waals surface area contributed by atoms with Crippen molar-refractivity contribution in [2.24, 2.45) is 5.73 Å². The van der Waals surface area contributed by atoms with Gasteiger partial charge >= 0.3 is 0 Å². The maximum Gasteiger partial charge on any atom is 0.240 e. The number of anilines is 2. The molecule has 0 saturated carbocycles. The summed E-state index contributed by atoms with van der Waals surface area (Å²) in [7, 11) is 0. The number of amides is 1. The first kappa shape index (κ1) is 14.5. The van der Waals surface area contributed by atoms with Crippen LogP contribution in [0, 0.1) is 0 Å². The zero-order valence-electron chi connectivity index (χ0n) is 11.6. The molecule has 4 nitrogen and oxygen atoms in total. The van der Waals surface area contributed by atoms with Gasteiger partial charge in [-0.25, -0.2) is 0 Å². The van der Waals surface area contributed by atoms with Gasteiger partial charge in [-0.3, -0.25) is 4.79 Å². The summed E-state index contributed by atoms with van der Waals surface area (Å²) in [5.41, 5.74) is 7.44. The van der Waals surface area contributed by atoms with E-state index >= 15 is 0 Å². The number of hydrogen-bond donors (Lipinski definition) is 2. The van der Waals surface area contributed by atoms with Gasteiger partial charge in [0.05, 0.1) is 6.04 Å². The minimum atomic E-state index is -0.493. The zero-order valence-corrected chi connectivity index (χ0v) is 11.6. The summed E-state index contributed by atoms with van der Waals surface area (Å²) in [5, 5.41) is 2.77. The summed E-state index contributed by atoms with van der Waals surface area (Å²) in [5.74, 6) is -0.168. The predicted octanol–water partition coefficient (Wildman–Crippen LogP) is 2.21. The van der Waals surface area contributed by atoms with Crippen molar-refractivity contribution in [2.45, 2.75) is 39.8 Å². The molecule has 18 heavy (non-hydrogen) atoms. The molecule has 0 saturated heterocycles. The summed E-state index contributed by atoms with van der Waals surface area (Å²) >= 11 is 0. The molecule has 0 radical (unpaired) electrons. The summed E-state index contributed by atoms with van der Waals surface area (Å²) in [4.78, 5) is 13.7. The summed E-state index contributed by atoms with van der Waals surface area (Å²) in [6.07, 6.45) is 0. The number of rotatable bonds is 5. The van der Waals surface area contributed by atoms with Crippen LogP contribution in [0.3, 0.4) is 0 Å². The highest BCUT2D eigenvalue weighted by molar-refractivity contribution is 5.94. The highest BCUT2D eigenvalue weighted by Crippen LogP contribution is 2.19. The largest absolute Gasteiger partial charge is 0.369 e. The standard InChI is InChI=1S/C14H23N3O/c1-5-17(10(2)3)13-8-6-12(7-9-13)16-14(18)11(4)15/h6-11H,5,15H2,1-4H3,(H,16,18).